The number of ether oxygens (including phenoxy) is 3. The molecule has 2 heterocycles. The van der Waals surface area contributed by atoms with Gasteiger partial charge in [-0.05, 0) is 284 Å². The summed E-state index contributed by atoms with van der Waals surface area (Å²) in [6, 6.07) is 94.3. The number of sulfone groups is 3. The molecule has 0 fully saturated rings. The van der Waals surface area contributed by atoms with Crippen molar-refractivity contribution < 1.29 is 63.6 Å². The molecule has 0 atom stereocenters. The summed E-state index contributed by atoms with van der Waals surface area (Å²) < 4.78 is 123. The van der Waals surface area contributed by atoms with Gasteiger partial charge in [0.05, 0.1) is 51.4 Å². The average Bonchev–Trinajstić information content (AvgIpc) is 1.57. The van der Waals surface area contributed by atoms with Crippen molar-refractivity contribution in [3.05, 3.63) is 357 Å². The summed E-state index contributed by atoms with van der Waals surface area (Å²) >= 11 is 0. The first kappa shape index (κ1) is 81.1. The molecule has 112 heavy (non-hydrogen) atoms. The SMILES string of the molecule is C.C.C.Cc1ccc(S(=O)(=O)c2ccc(Oc3ccc(-c4ccc(Oc5ccc(S(=O)(=O)c6ccc(Oc7ccc(-c8nc9ccccc9n8C)cc7)cc6)cc5)cc4)cc3)cc2)cc1.O=S(=O)(c1ccc(F)cc1)c1ccc(F)cc1.Oc1ccc(-c2ccc(O)cc2)cc1.Oc1ccc(-c2nc3ccccc3[nH]2)cc1. The zero-order chi connectivity index (χ0) is 76.2. The first-order chi connectivity index (χ1) is 52.6. The molecule has 0 aliphatic rings. The summed E-state index contributed by atoms with van der Waals surface area (Å²) in [6.45, 7) is 1.91. The number of aromatic nitrogens is 4. The number of hydrogen-bond donors (Lipinski definition) is 4. The van der Waals surface area contributed by atoms with Crippen molar-refractivity contribution in [1.29, 1.82) is 0 Å². The Balaban J connectivity index is 0.000000212. The monoisotopic (exact) mass is 1550 g/mol. The summed E-state index contributed by atoms with van der Waals surface area (Å²) in [5.74, 6) is 4.76. The van der Waals surface area contributed by atoms with E-state index in [-0.39, 0.29) is 68.9 Å². The molecular formula is C91H78F2N4O12S3. The molecule has 2 aromatic heterocycles. The predicted molar refractivity (Wildman–Crippen MR) is 437 cm³/mol. The van der Waals surface area contributed by atoms with Crippen molar-refractivity contribution in [1.82, 2.24) is 19.5 Å². The minimum Gasteiger partial charge on any atom is -0.508 e. The fourth-order valence-corrected chi connectivity index (χ4v) is 15.1. The van der Waals surface area contributed by atoms with E-state index in [2.05, 4.69) is 14.5 Å². The van der Waals surface area contributed by atoms with Crippen molar-refractivity contribution in [2.75, 3.05) is 0 Å². The molecule has 0 aliphatic heterocycles. The Morgan fingerprint density at radius 1 is 0.312 bits per heavy atom. The predicted octanol–water partition coefficient (Wildman–Crippen LogP) is 22.7. The molecule has 16 nitrogen and oxygen atoms in total. The largest absolute Gasteiger partial charge is 0.508 e. The van der Waals surface area contributed by atoms with Gasteiger partial charge in [0.2, 0.25) is 29.5 Å². The third kappa shape index (κ3) is 19.5. The summed E-state index contributed by atoms with van der Waals surface area (Å²) in [6.07, 6.45) is 0. The van der Waals surface area contributed by atoms with Crippen LogP contribution < -0.4 is 14.2 Å². The maximum absolute atomic E-state index is 13.5. The Labute approximate surface area is 649 Å². The van der Waals surface area contributed by atoms with E-state index in [1.54, 1.807) is 109 Å². The van der Waals surface area contributed by atoms with E-state index in [0.717, 1.165) is 96.9 Å². The van der Waals surface area contributed by atoms with Crippen LogP contribution in [0.5, 0.6) is 51.7 Å². The number of para-hydroxylation sites is 4. The van der Waals surface area contributed by atoms with Crippen LogP contribution in [0.25, 0.3) is 67.1 Å². The zero-order valence-corrected chi connectivity index (χ0v) is 60.6. The van der Waals surface area contributed by atoms with Crippen LogP contribution in [0.1, 0.15) is 27.8 Å². The second-order valence-corrected chi connectivity index (χ2v) is 30.6. The number of H-pyrrole nitrogens is 1. The van der Waals surface area contributed by atoms with Crippen LogP contribution in [0.2, 0.25) is 0 Å². The van der Waals surface area contributed by atoms with Crippen molar-refractivity contribution in [3.8, 4) is 96.8 Å². The van der Waals surface area contributed by atoms with E-state index < -0.39 is 41.1 Å². The molecule has 14 aromatic carbocycles. The Morgan fingerprint density at radius 3 is 0.911 bits per heavy atom. The number of aromatic amines is 1. The standard InChI is InChI=1S/C51H38N2O7S2.C13H10N2O.C12H8F2O2S.C12H10O2.3CH4/c1-35-7-27-45(28-8-35)61(54,55)46-29-21-42(22-30-46)58-39-15-9-36(10-16-39)37-11-17-40(18-12-37)59-43-23-31-47(32-24-43)62(56,57)48-33-25-44(26-34-48)60-41-19-13-38(14-20-41)51-52-49-5-3-4-6-50(49)53(51)2;16-10-7-5-9(6-8-10)13-14-11-3-1-2-4-12(11)15-13;13-9-1-5-11(6-2-9)17(15,16)12-7-3-10(14)4-8-12;13-11-5-1-9(2-6-11)10-3-7-12(14)8-4-10;;;/h3-34H,1-2H3;1-8,16H,(H,14,15);1-8H;1-8,13-14H;3*1H4. The molecular weight excluding hydrogens is 1480 g/mol. The average molecular weight is 1550 g/mol. The molecule has 0 amide bonds. The van der Waals surface area contributed by atoms with E-state index in [0.29, 0.717) is 34.5 Å². The van der Waals surface area contributed by atoms with Crippen LogP contribution in [-0.2, 0) is 36.6 Å². The molecule has 21 heteroatoms. The normalized spacial score (nSPS) is 11.0. The van der Waals surface area contributed by atoms with Gasteiger partial charge in [-0.3, -0.25) is 0 Å². The van der Waals surface area contributed by atoms with Gasteiger partial charge < -0.3 is 39.1 Å². The highest BCUT2D eigenvalue weighted by Gasteiger charge is 2.21. The third-order valence-corrected chi connectivity index (χ3v) is 22.6. The van der Waals surface area contributed by atoms with Crippen LogP contribution in [-0.4, -0.2) is 60.1 Å². The number of aromatic hydroxyl groups is 3. The van der Waals surface area contributed by atoms with Crippen LogP contribution in [0.15, 0.2) is 369 Å². The van der Waals surface area contributed by atoms with E-state index in [9.17, 15) is 39.1 Å². The lowest BCUT2D eigenvalue weighted by Crippen LogP contribution is -2.01. The lowest BCUT2D eigenvalue weighted by molar-refractivity contribution is 0.474. The quantitative estimate of drug-likeness (QED) is 0.0659. The Bertz CT molecular complexity index is 6040. The third-order valence-electron chi connectivity index (χ3n) is 17.2. The number of hydrogen-bond acceptors (Lipinski definition) is 14. The number of phenolic OH excluding ortho intramolecular Hbond substituents is 3. The number of nitrogens with zero attached hydrogens (tertiary/aromatic N) is 3. The number of nitrogens with one attached hydrogen (secondary N) is 1. The fourth-order valence-electron chi connectivity index (χ4n) is 11.3. The van der Waals surface area contributed by atoms with Gasteiger partial charge in [-0.1, -0.05) is 113 Å². The topological polar surface area (TPSA) is 237 Å². The Kier molecular flexibility index (Phi) is 25.8. The smallest absolute Gasteiger partial charge is 0.206 e. The lowest BCUT2D eigenvalue weighted by atomic mass is 10.1. The van der Waals surface area contributed by atoms with Crippen molar-refractivity contribution in [3.63, 3.8) is 0 Å². The summed E-state index contributed by atoms with van der Waals surface area (Å²) in [4.78, 5) is 13.2. The molecule has 566 valence electrons. The first-order valence-corrected chi connectivity index (χ1v) is 38.2. The minimum absolute atomic E-state index is 0. The van der Waals surface area contributed by atoms with Crippen LogP contribution >= 0.6 is 0 Å². The number of halogens is 2. The van der Waals surface area contributed by atoms with Crippen LogP contribution in [0, 0.1) is 18.6 Å². The van der Waals surface area contributed by atoms with Crippen LogP contribution in [0.3, 0.4) is 0 Å². The second-order valence-electron chi connectivity index (χ2n) is 24.8. The molecule has 0 saturated carbocycles. The maximum atomic E-state index is 13.5. The fraction of sp³-hybridized carbons (Fsp3) is 0.0549. The van der Waals surface area contributed by atoms with Gasteiger partial charge in [0, 0.05) is 18.2 Å². The Morgan fingerprint density at radius 2 is 0.580 bits per heavy atom. The molecule has 16 rings (SSSR count). The molecule has 16 aromatic rings. The zero-order valence-electron chi connectivity index (χ0n) is 58.2. The van der Waals surface area contributed by atoms with Gasteiger partial charge in [0.25, 0.3) is 0 Å². The number of phenols is 3. The molecule has 0 unspecified atom stereocenters. The van der Waals surface area contributed by atoms with Gasteiger partial charge in [-0.25, -0.2) is 44.0 Å². The maximum Gasteiger partial charge on any atom is 0.206 e. The summed E-state index contributed by atoms with van der Waals surface area (Å²) in [7, 11) is -9.14. The molecule has 0 radical (unpaired) electrons. The second kappa shape index (κ2) is 35.7. The summed E-state index contributed by atoms with van der Waals surface area (Å²) in [5, 5.41) is 27.4. The first-order valence-electron chi connectivity index (χ1n) is 33.8. The number of imidazole rings is 2. The molecule has 4 N–H and O–H groups in total. The lowest BCUT2D eigenvalue weighted by Gasteiger charge is -2.10. The van der Waals surface area contributed by atoms with E-state index in [4.69, 9.17) is 29.4 Å². The highest BCUT2D eigenvalue weighted by atomic mass is 32.2. The molecule has 0 spiro atoms. The number of aryl methyl sites for hydroxylation is 2. The molecule has 0 aliphatic carbocycles. The highest BCUT2D eigenvalue weighted by Crippen LogP contribution is 2.35. The van der Waals surface area contributed by atoms with Crippen molar-refractivity contribution in [2.24, 2.45) is 7.05 Å². The van der Waals surface area contributed by atoms with Crippen molar-refractivity contribution in [2.45, 2.75) is 58.6 Å². The van der Waals surface area contributed by atoms with Crippen LogP contribution in [0.4, 0.5) is 8.78 Å². The van der Waals surface area contributed by atoms with Gasteiger partial charge >= 0.3 is 0 Å². The number of fused-ring (bicyclic) bond motifs is 2. The molecule has 0 saturated heterocycles. The minimum atomic E-state index is -3.80. The van der Waals surface area contributed by atoms with Gasteiger partial charge in [0.1, 0.15) is 75.0 Å². The van der Waals surface area contributed by atoms with Gasteiger partial charge in [-0.15, -0.1) is 0 Å². The van der Waals surface area contributed by atoms with E-state index in [1.807, 2.05) is 172 Å². The van der Waals surface area contributed by atoms with Gasteiger partial charge in [0.15, 0.2) is 0 Å². The van der Waals surface area contributed by atoms with E-state index >= 15 is 0 Å². The highest BCUT2D eigenvalue weighted by molar-refractivity contribution is 7.92. The Hall–Kier alpha value is -13.5. The van der Waals surface area contributed by atoms with Gasteiger partial charge in [-0.2, -0.15) is 0 Å². The van der Waals surface area contributed by atoms with E-state index in [1.165, 1.54) is 48.5 Å². The number of benzene rings is 14. The van der Waals surface area contributed by atoms with Crippen molar-refractivity contribution >= 4 is 51.6 Å². The summed E-state index contributed by atoms with van der Waals surface area (Å²) in [5.41, 5.74) is 10.8. The molecule has 0 bridgehead atoms. The number of rotatable bonds is 16.